The number of phenols is 1. The molecule has 33 heavy (non-hydrogen) atoms. The first kappa shape index (κ1) is 21.2. The summed E-state index contributed by atoms with van der Waals surface area (Å²) in [4.78, 5) is 11.4. The molecular formula is C26H25N5OS. The van der Waals surface area contributed by atoms with Gasteiger partial charge >= 0.3 is 0 Å². The van der Waals surface area contributed by atoms with Gasteiger partial charge in [-0.1, -0.05) is 6.07 Å². The van der Waals surface area contributed by atoms with Crippen LogP contribution in [0.25, 0.3) is 5.82 Å². The van der Waals surface area contributed by atoms with E-state index in [1.165, 1.54) is 0 Å². The third-order valence-electron chi connectivity index (χ3n) is 6.15. The highest BCUT2D eigenvalue weighted by Gasteiger charge is 2.42. The van der Waals surface area contributed by atoms with Gasteiger partial charge in [0.25, 0.3) is 0 Å². The Morgan fingerprint density at radius 1 is 0.939 bits per heavy atom. The lowest BCUT2D eigenvalue weighted by atomic mass is 9.96. The quantitative estimate of drug-likeness (QED) is 0.419. The van der Waals surface area contributed by atoms with Gasteiger partial charge in [0.05, 0.1) is 17.8 Å². The molecule has 1 fully saturated rings. The van der Waals surface area contributed by atoms with E-state index in [1.54, 1.807) is 18.3 Å². The molecule has 2 atom stereocenters. The fraction of sp³-hybridized carbons (Fsp3) is 0.192. The van der Waals surface area contributed by atoms with Crippen LogP contribution in [-0.4, -0.2) is 24.8 Å². The number of aryl methyl sites for hydroxylation is 2. The van der Waals surface area contributed by atoms with Gasteiger partial charge in [-0.05, 0) is 98.7 Å². The first-order valence-electron chi connectivity index (χ1n) is 10.9. The highest BCUT2D eigenvalue weighted by atomic mass is 32.1. The van der Waals surface area contributed by atoms with Crippen molar-refractivity contribution in [2.45, 2.75) is 32.9 Å². The minimum atomic E-state index is -0.132. The number of anilines is 1. The predicted octanol–water partition coefficient (Wildman–Crippen LogP) is 5.08. The summed E-state index contributed by atoms with van der Waals surface area (Å²) in [6, 6.07) is 19.1. The van der Waals surface area contributed by atoms with Crippen LogP contribution in [0.15, 0.2) is 73.1 Å². The van der Waals surface area contributed by atoms with E-state index < -0.39 is 0 Å². The smallest absolute Gasteiger partial charge is 0.174 e. The molecule has 0 bridgehead atoms. The van der Waals surface area contributed by atoms with Crippen LogP contribution in [0.1, 0.15) is 40.3 Å². The normalized spacial score (nSPS) is 17.9. The first-order chi connectivity index (χ1) is 15.9. The first-order valence-corrected chi connectivity index (χ1v) is 11.3. The second-order valence-corrected chi connectivity index (χ2v) is 8.75. The molecule has 1 aromatic carbocycles. The van der Waals surface area contributed by atoms with Crippen LogP contribution in [0.3, 0.4) is 0 Å². The molecule has 0 saturated carbocycles. The van der Waals surface area contributed by atoms with Gasteiger partial charge in [-0.2, -0.15) is 0 Å². The molecule has 1 aliphatic heterocycles. The van der Waals surface area contributed by atoms with Crippen molar-refractivity contribution in [3.63, 3.8) is 0 Å². The van der Waals surface area contributed by atoms with E-state index in [0.29, 0.717) is 5.11 Å². The standard InChI is InChI=1S/C26H25N5OS/c1-16-11-13-28-23(14-16)30-17(2)15-21(18(30)3)25-24(22-6-4-5-12-27-22)29-26(33)31(25)19-7-9-20(32)10-8-19/h4-15,24-25,32H,1-3H3,(H,29,33)/t24-,25+/m1/s1. The van der Waals surface area contributed by atoms with E-state index >= 15 is 0 Å². The van der Waals surface area contributed by atoms with E-state index in [2.05, 4.69) is 57.7 Å². The minimum absolute atomic E-state index is 0.123. The van der Waals surface area contributed by atoms with Gasteiger partial charge in [0.2, 0.25) is 0 Å². The highest BCUT2D eigenvalue weighted by molar-refractivity contribution is 7.80. The van der Waals surface area contributed by atoms with Gasteiger partial charge in [-0.3, -0.25) is 4.98 Å². The van der Waals surface area contributed by atoms with Crippen LogP contribution in [0, 0.1) is 20.8 Å². The Kier molecular flexibility index (Phi) is 5.34. The van der Waals surface area contributed by atoms with E-state index in [4.69, 9.17) is 12.2 Å². The van der Waals surface area contributed by atoms with Crippen molar-refractivity contribution in [3.8, 4) is 11.6 Å². The van der Waals surface area contributed by atoms with Crippen molar-refractivity contribution in [1.29, 1.82) is 0 Å². The van der Waals surface area contributed by atoms with E-state index in [-0.39, 0.29) is 17.8 Å². The second kappa shape index (κ2) is 8.33. The molecule has 0 radical (unpaired) electrons. The number of aromatic hydroxyl groups is 1. The van der Waals surface area contributed by atoms with Crippen LogP contribution in [0.5, 0.6) is 5.75 Å². The third kappa shape index (κ3) is 3.74. The molecule has 3 aromatic heterocycles. The molecule has 0 aliphatic carbocycles. The summed E-state index contributed by atoms with van der Waals surface area (Å²) in [5.41, 5.74) is 6.34. The average Bonchev–Trinajstić information content (AvgIpc) is 3.30. The van der Waals surface area contributed by atoms with Crippen molar-refractivity contribution in [2.75, 3.05) is 4.90 Å². The van der Waals surface area contributed by atoms with Crippen LogP contribution in [0.2, 0.25) is 0 Å². The number of nitrogens with one attached hydrogen (secondary N) is 1. The molecule has 4 aromatic rings. The number of aromatic nitrogens is 3. The lowest BCUT2D eigenvalue weighted by molar-refractivity contribution is 0.475. The second-order valence-electron chi connectivity index (χ2n) is 8.37. The van der Waals surface area contributed by atoms with Gasteiger partial charge in [-0.15, -0.1) is 0 Å². The van der Waals surface area contributed by atoms with Crippen LogP contribution < -0.4 is 10.2 Å². The lowest BCUT2D eigenvalue weighted by Crippen LogP contribution is -2.29. The number of nitrogens with zero attached hydrogens (tertiary/aromatic N) is 4. The van der Waals surface area contributed by atoms with Gasteiger partial charge in [0.15, 0.2) is 5.11 Å². The molecule has 0 spiro atoms. The summed E-state index contributed by atoms with van der Waals surface area (Å²) < 4.78 is 2.19. The van der Waals surface area contributed by atoms with Crippen molar-refractivity contribution >= 4 is 23.0 Å². The van der Waals surface area contributed by atoms with Crippen molar-refractivity contribution in [1.82, 2.24) is 19.9 Å². The van der Waals surface area contributed by atoms with Gasteiger partial charge < -0.3 is 19.9 Å². The number of hydrogen-bond acceptors (Lipinski definition) is 4. The Hall–Kier alpha value is -3.71. The Morgan fingerprint density at radius 3 is 2.42 bits per heavy atom. The van der Waals surface area contributed by atoms with Gasteiger partial charge in [0.1, 0.15) is 11.6 Å². The Labute approximate surface area is 198 Å². The van der Waals surface area contributed by atoms with Gasteiger partial charge in [0, 0.05) is 29.5 Å². The fourth-order valence-electron chi connectivity index (χ4n) is 4.64. The SMILES string of the molecule is Cc1ccnc(-n2c(C)cc([C@H]3[C@@H](c4ccccn4)NC(=S)N3c3ccc(O)cc3)c2C)c1. The molecule has 1 aliphatic rings. The highest BCUT2D eigenvalue weighted by Crippen LogP contribution is 2.43. The zero-order chi connectivity index (χ0) is 23.1. The van der Waals surface area contributed by atoms with Crippen LogP contribution >= 0.6 is 12.2 Å². The van der Waals surface area contributed by atoms with Gasteiger partial charge in [-0.25, -0.2) is 4.98 Å². The average molecular weight is 456 g/mol. The molecule has 4 heterocycles. The minimum Gasteiger partial charge on any atom is -0.508 e. The van der Waals surface area contributed by atoms with Crippen molar-refractivity contribution < 1.29 is 5.11 Å². The van der Waals surface area contributed by atoms with E-state index in [0.717, 1.165) is 39.7 Å². The molecule has 0 unspecified atom stereocenters. The summed E-state index contributed by atoms with van der Waals surface area (Å²) >= 11 is 5.81. The summed E-state index contributed by atoms with van der Waals surface area (Å²) in [6.07, 6.45) is 3.65. The Morgan fingerprint density at radius 2 is 1.73 bits per heavy atom. The fourth-order valence-corrected chi connectivity index (χ4v) is 4.99. The molecule has 2 N–H and O–H groups in total. The number of rotatable bonds is 4. The summed E-state index contributed by atoms with van der Waals surface area (Å²) in [6.45, 7) is 6.29. The summed E-state index contributed by atoms with van der Waals surface area (Å²) in [5.74, 6) is 1.12. The van der Waals surface area contributed by atoms with Crippen molar-refractivity contribution in [3.05, 3.63) is 101 Å². The maximum absolute atomic E-state index is 9.82. The van der Waals surface area contributed by atoms with E-state index in [1.807, 2.05) is 42.6 Å². The van der Waals surface area contributed by atoms with Crippen molar-refractivity contribution in [2.24, 2.45) is 0 Å². The number of phenolic OH excluding ortho intramolecular Hbond substituents is 1. The zero-order valence-electron chi connectivity index (χ0n) is 18.7. The molecule has 166 valence electrons. The molecule has 1 saturated heterocycles. The van der Waals surface area contributed by atoms with E-state index in [9.17, 15) is 5.11 Å². The molecule has 5 rings (SSSR count). The van der Waals surface area contributed by atoms with Crippen LogP contribution in [0.4, 0.5) is 5.69 Å². The predicted molar refractivity (Wildman–Crippen MR) is 134 cm³/mol. The maximum Gasteiger partial charge on any atom is 0.174 e. The molecule has 0 amide bonds. The monoisotopic (exact) mass is 455 g/mol. The summed E-state index contributed by atoms with van der Waals surface area (Å²) in [7, 11) is 0. The lowest BCUT2D eigenvalue weighted by Gasteiger charge is -2.28. The Bertz CT molecular complexity index is 1320. The summed E-state index contributed by atoms with van der Waals surface area (Å²) in [5, 5.41) is 13.9. The molecule has 6 nitrogen and oxygen atoms in total. The maximum atomic E-state index is 9.82. The molecule has 7 heteroatoms. The number of pyridine rings is 2. The number of thiocarbonyl (C=S) groups is 1. The number of hydrogen-bond donors (Lipinski definition) is 2. The third-order valence-corrected chi connectivity index (χ3v) is 6.46. The Balaban J connectivity index is 1.68. The largest absolute Gasteiger partial charge is 0.508 e. The van der Waals surface area contributed by atoms with Crippen LogP contribution in [-0.2, 0) is 0 Å². The zero-order valence-corrected chi connectivity index (χ0v) is 19.5. The molecular weight excluding hydrogens is 430 g/mol. The number of benzene rings is 1. The topological polar surface area (TPSA) is 66.2 Å².